The number of rotatable bonds is 4. The number of anilines is 1. The highest BCUT2D eigenvalue weighted by molar-refractivity contribution is 7.89. The lowest BCUT2D eigenvalue weighted by molar-refractivity contribution is -0.127. The molecule has 1 aromatic carbocycles. The number of ether oxygens (including phenoxy) is 1. The van der Waals surface area contributed by atoms with Gasteiger partial charge in [0.2, 0.25) is 21.8 Å². The number of nitrogens with one attached hydrogen (secondary N) is 1. The summed E-state index contributed by atoms with van der Waals surface area (Å²) < 4.78 is 33.5. The summed E-state index contributed by atoms with van der Waals surface area (Å²) in [5.41, 5.74) is 0.487. The van der Waals surface area contributed by atoms with Crippen molar-refractivity contribution >= 4 is 27.5 Å². The van der Waals surface area contributed by atoms with Gasteiger partial charge < -0.3 is 15.0 Å². The van der Waals surface area contributed by atoms with Crippen molar-refractivity contribution in [3.05, 3.63) is 18.2 Å². The first-order valence-electron chi connectivity index (χ1n) is 11.6. The van der Waals surface area contributed by atoms with Crippen LogP contribution in [0.15, 0.2) is 23.1 Å². The second kappa shape index (κ2) is 9.39. The molecule has 0 unspecified atom stereocenters. The molecular weight excluding hydrogens is 430 g/mol. The minimum absolute atomic E-state index is 0.0598. The van der Waals surface area contributed by atoms with Crippen LogP contribution in [0.4, 0.5) is 5.69 Å². The molecule has 4 rings (SSSR count). The molecule has 176 valence electrons. The van der Waals surface area contributed by atoms with E-state index in [1.165, 1.54) is 23.4 Å². The first-order valence-corrected chi connectivity index (χ1v) is 13.0. The van der Waals surface area contributed by atoms with E-state index in [9.17, 15) is 18.0 Å². The Kier molecular flexibility index (Phi) is 6.76. The number of carbonyl (C=O) groups is 2. The van der Waals surface area contributed by atoms with Gasteiger partial charge in [0, 0.05) is 32.0 Å². The van der Waals surface area contributed by atoms with Crippen molar-refractivity contribution in [2.45, 2.75) is 63.3 Å². The van der Waals surface area contributed by atoms with Crippen molar-refractivity contribution in [2.75, 3.05) is 31.1 Å². The number of hydrogen-bond donors (Lipinski definition) is 1. The van der Waals surface area contributed by atoms with Crippen molar-refractivity contribution in [1.29, 1.82) is 0 Å². The van der Waals surface area contributed by atoms with Gasteiger partial charge in [0.05, 0.1) is 17.1 Å². The van der Waals surface area contributed by atoms with Crippen molar-refractivity contribution in [3.63, 3.8) is 0 Å². The Morgan fingerprint density at radius 1 is 1.03 bits per heavy atom. The van der Waals surface area contributed by atoms with Crippen LogP contribution >= 0.6 is 0 Å². The zero-order chi connectivity index (χ0) is 22.9. The molecule has 0 aromatic heterocycles. The second-order valence-electron chi connectivity index (χ2n) is 9.29. The largest absolute Gasteiger partial charge is 0.490 e. The number of carbonyl (C=O) groups excluding carboxylic acids is 2. The van der Waals surface area contributed by atoms with Gasteiger partial charge in [-0.25, -0.2) is 8.42 Å². The van der Waals surface area contributed by atoms with E-state index in [1.54, 1.807) is 11.0 Å². The summed E-state index contributed by atoms with van der Waals surface area (Å²) in [6.07, 6.45) is 5.38. The van der Waals surface area contributed by atoms with E-state index >= 15 is 0 Å². The minimum atomic E-state index is -3.72. The Labute approximate surface area is 190 Å². The smallest absolute Gasteiger partial charge is 0.243 e. The van der Waals surface area contributed by atoms with E-state index in [4.69, 9.17) is 4.74 Å². The number of fused-ring (bicyclic) bond motifs is 1. The van der Waals surface area contributed by atoms with Crippen LogP contribution in [-0.2, 0) is 19.6 Å². The Hall–Kier alpha value is -2.13. The van der Waals surface area contributed by atoms with Crippen molar-refractivity contribution in [1.82, 2.24) is 9.62 Å². The van der Waals surface area contributed by atoms with Gasteiger partial charge in [0.1, 0.15) is 12.4 Å². The molecular formula is C23H33N3O5S. The summed E-state index contributed by atoms with van der Waals surface area (Å²) in [6, 6.07) is 4.92. The highest BCUT2D eigenvalue weighted by Crippen LogP contribution is 2.35. The van der Waals surface area contributed by atoms with Crippen molar-refractivity contribution in [2.24, 2.45) is 11.8 Å². The van der Waals surface area contributed by atoms with Gasteiger partial charge in [-0.15, -0.1) is 0 Å². The Balaban J connectivity index is 1.39. The maximum absolute atomic E-state index is 13.3. The van der Waals surface area contributed by atoms with Gasteiger partial charge in [0.25, 0.3) is 0 Å². The lowest BCUT2D eigenvalue weighted by Crippen LogP contribution is -2.46. The zero-order valence-electron chi connectivity index (χ0n) is 18.9. The van der Waals surface area contributed by atoms with E-state index in [0.29, 0.717) is 50.5 Å². The number of amides is 2. The fourth-order valence-electron chi connectivity index (χ4n) is 4.92. The molecule has 3 aliphatic rings. The van der Waals surface area contributed by atoms with Crippen molar-refractivity contribution < 1.29 is 22.7 Å². The molecule has 0 spiro atoms. The van der Waals surface area contributed by atoms with Crippen LogP contribution in [0, 0.1) is 11.8 Å². The fourth-order valence-corrected chi connectivity index (χ4v) is 6.41. The molecule has 0 bridgehead atoms. The first-order chi connectivity index (χ1) is 15.3. The third-order valence-corrected chi connectivity index (χ3v) is 8.89. The lowest BCUT2D eigenvalue weighted by Gasteiger charge is -2.33. The van der Waals surface area contributed by atoms with Gasteiger partial charge in [-0.05, 0) is 62.6 Å². The average molecular weight is 464 g/mol. The molecule has 2 aliphatic heterocycles. The molecule has 8 nitrogen and oxygen atoms in total. The van der Waals surface area contributed by atoms with Crippen LogP contribution < -0.4 is 15.0 Å². The quantitative estimate of drug-likeness (QED) is 0.740. The summed E-state index contributed by atoms with van der Waals surface area (Å²) in [5, 5.41) is 3.19. The summed E-state index contributed by atoms with van der Waals surface area (Å²) in [7, 11) is -3.72. The van der Waals surface area contributed by atoms with Gasteiger partial charge in [0.15, 0.2) is 0 Å². The maximum Gasteiger partial charge on any atom is 0.243 e. The number of benzene rings is 1. The Bertz CT molecular complexity index is 964. The number of sulfonamides is 1. The van der Waals surface area contributed by atoms with Crippen molar-refractivity contribution in [3.8, 4) is 5.75 Å². The molecule has 32 heavy (non-hydrogen) atoms. The average Bonchev–Trinajstić information content (AvgIpc) is 2.79. The molecule has 1 saturated carbocycles. The summed E-state index contributed by atoms with van der Waals surface area (Å²) >= 11 is 0. The molecule has 1 saturated heterocycles. The normalized spacial score (nSPS) is 25.0. The Morgan fingerprint density at radius 2 is 1.72 bits per heavy atom. The molecule has 2 fully saturated rings. The minimum Gasteiger partial charge on any atom is -0.490 e. The summed E-state index contributed by atoms with van der Waals surface area (Å²) in [4.78, 5) is 26.3. The van der Waals surface area contributed by atoms with E-state index in [2.05, 4.69) is 12.2 Å². The maximum atomic E-state index is 13.3. The monoisotopic (exact) mass is 463 g/mol. The van der Waals surface area contributed by atoms with Gasteiger partial charge in [-0.2, -0.15) is 4.31 Å². The van der Waals surface area contributed by atoms with E-state index in [1.807, 2.05) is 0 Å². The van der Waals surface area contributed by atoms with Crippen LogP contribution in [0.2, 0.25) is 0 Å². The molecule has 0 atom stereocenters. The predicted octanol–water partition coefficient (Wildman–Crippen LogP) is 2.53. The lowest BCUT2D eigenvalue weighted by atomic mass is 9.87. The highest BCUT2D eigenvalue weighted by Gasteiger charge is 2.34. The van der Waals surface area contributed by atoms with Crippen LogP contribution in [0.3, 0.4) is 0 Å². The van der Waals surface area contributed by atoms with Gasteiger partial charge in [-0.1, -0.05) is 6.92 Å². The van der Waals surface area contributed by atoms with E-state index in [0.717, 1.165) is 31.6 Å². The molecule has 0 radical (unpaired) electrons. The van der Waals surface area contributed by atoms with Crippen LogP contribution in [0.5, 0.6) is 5.75 Å². The third-order valence-electron chi connectivity index (χ3n) is 7.00. The molecule has 1 aliphatic carbocycles. The molecule has 2 heterocycles. The topological polar surface area (TPSA) is 96.0 Å². The van der Waals surface area contributed by atoms with Gasteiger partial charge >= 0.3 is 0 Å². The second-order valence-corrected chi connectivity index (χ2v) is 11.2. The summed E-state index contributed by atoms with van der Waals surface area (Å²) in [6.45, 7) is 5.11. The third kappa shape index (κ3) is 4.78. The molecule has 1 aromatic rings. The van der Waals surface area contributed by atoms with Crippen LogP contribution in [-0.4, -0.2) is 56.8 Å². The van der Waals surface area contributed by atoms with Crippen LogP contribution in [0.1, 0.15) is 52.4 Å². The van der Waals surface area contributed by atoms with E-state index in [-0.39, 0.29) is 28.7 Å². The zero-order valence-corrected chi connectivity index (χ0v) is 19.7. The highest BCUT2D eigenvalue weighted by atomic mass is 32.2. The predicted molar refractivity (Wildman–Crippen MR) is 121 cm³/mol. The number of nitrogens with zero attached hydrogens (tertiary/aromatic N) is 2. The SMILES string of the molecule is CC(=O)N1CCOc2ccc(S(=O)(=O)N3CCC(C(=O)NC4CCC(C)CC4)CC3)cc21. The first kappa shape index (κ1) is 23.0. The fraction of sp³-hybridized carbons (Fsp3) is 0.652. The molecule has 9 heteroatoms. The number of piperidine rings is 1. The standard InChI is InChI=1S/C23H33N3O5S/c1-16-3-5-19(6-4-16)24-23(28)18-9-11-25(12-10-18)32(29,30)20-7-8-22-21(15-20)26(17(2)27)13-14-31-22/h7-8,15-16,18-19H,3-6,9-14H2,1-2H3,(H,24,28). The molecule has 1 N–H and O–H groups in total. The van der Waals surface area contributed by atoms with Gasteiger partial charge in [-0.3, -0.25) is 9.59 Å². The summed E-state index contributed by atoms with van der Waals surface area (Å²) in [5.74, 6) is 1.01. The number of hydrogen-bond acceptors (Lipinski definition) is 5. The Morgan fingerprint density at radius 3 is 2.38 bits per heavy atom. The van der Waals surface area contributed by atoms with Crippen LogP contribution in [0.25, 0.3) is 0 Å². The molecule has 2 amide bonds. The van der Waals surface area contributed by atoms with E-state index < -0.39 is 10.0 Å².